The number of carboxylic acids is 1. The number of imidazole rings is 1. The van der Waals surface area contributed by atoms with Crippen LogP contribution < -0.4 is 5.32 Å². The molecule has 1 amide bonds. The summed E-state index contributed by atoms with van der Waals surface area (Å²) in [5.41, 5.74) is 0.959. The van der Waals surface area contributed by atoms with Gasteiger partial charge in [0.1, 0.15) is 18.4 Å². The van der Waals surface area contributed by atoms with Crippen LogP contribution in [0.3, 0.4) is 0 Å². The molecule has 0 radical (unpaired) electrons. The number of nitrogens with zero attached hydrogens (tertiary/aromatic N) is 2. The number of aliphatic carboxylic acids is 1. The molecule has 27 heavy (non-hydrogen) atoms. The van der Waals surface area contributed by atoms with Crippen molar-refractivity contribution < 1.29 is 24.2 Å². The highest BCUT2D eigenvalue weighted by atomic mass is 16.6. The van der Waals surface area contributed by atoms with Crippen molar-refractivity contribution >= 4 is 12.1 Å². The molecule has 2 rings (SSSR count). The van der Waals surface area contributed by atoms with Gasteiger partial charge in [-0.2, -0.15) is 0 Å². The molecule has 0 aliphatic carbocycles. The van der Waals surface area contributed by atoms with E-state index in [2.05, 4.69) is 10.3 Å². The van der Waals surface area contributed by atoms with Crippen molar-refractivity contribution in [1.82, 2.24) is 14.9 Å². The maximum atomic E-state index is 11.9. The third kappa shape index (κ3) is 7.10. The standard InChI is InChI=1S/C19H25N3O5/c1-19(2,3)27-18(25)21-16(17(23)24)9-15-10-20-12-22(15)13-26-11-14-7-5-4-6-8-14/h4-8,10,12,16H,9,11,13H2,1-3H3,(H,21,25)(H,23,24)/t16-/m1/s1. The average Bonchev–Trinajstić information content (AvgIpc) is 3.00. The van der Waals surface area contributed by atoms with Gasteiger partial charge in [-0.1, -0.05) is 30.3 Å². The van der Waals surface area contributed by atoms with Crippen molar-refractivity contribution in [2.45, 2.75) is 52.2 Å². The Bertz CT molecular complexity index is 752. The Morgan fingerprint density at radius 2 is 1.96 bits per heavy atom. The first-order valence-corrected chi connectivity index (χ1v) is 8.57. The van der Waals surface area contributed by atoms with Gasteiger partial charge >= 0.3 is 12.1 Å². The Morgan fingerprint density at radius 3 is 2.59 bits per heavy atom. The van der Waals surface area contributed by atoms with Crippen LogP contribution in [0.1, 0.15) is 32.0 Å². The SMILES string of the molecule is CC(C)(C)OC(=O)N[C@H](Cc1cncn1COCc1ccccc1)C(=O)O. The lowest BCUT2D eigenvalue weighted by molar-refractivity contribution is -0.139. The summed E-state index contributed by atoms with van der Waals surface area (Å²) in [4.78, 5) is 27.4. The number of nitrogens with one attached hydrogen (secondary N) is 1. The second-order valence-corrected chi connectivity index (χ2v) is 7.06. The molecule has 1 atom stereocenters. The van der Waals surface area contributed by atoms with Crippen LogP contribution in [0.15, 0.2) is 42.9 Å². The predicted molar refractivity (Wildman–Crippen MR) is 98.0 cm³/mol. The second-order valence-electron chi connectivity index (χ2n) is 7.06. The molecule has 146 valence electrons. The number of amides is 1. The number of alkyl carbamates (subject to hydrolysis) is 1. The summed E-state index contributed by atoms with van der Waals surface area (Å²) in [5, 5.41) is 11.8. The smallest absolute Gasteiger partial charge is 0.408 e. The van der Waals surface area contributed by atoms with Gasteiger partial charge in [-0.05, 0) is 26.3 Å². The normalized spacial score (nSPS) is 12.4. The van der Waals surface area contributed by atoms with E-state index >= 15 is 0 Å². The molecule has 0 fully saturated rings. The van der Waals surface area contributed by atoms with Crippen LogP contribution in [-0.4, -0.2) is 38.4 Å². The summed E-state index contributed by atoms with van der Waals surface area (Å²) in [7, 11) is 0. The number of hydrogen-bond acceptors (Lipinski definition) is 5. The summed E-state index contributed by atoms with van der Waals surface area (Å²) in [6.45, 7) is 5.78. The van der Waals surface area contributed by atoms with Crippen molar-refractivity contribution in [3.05, 3.63) is 54.1 Å². The fraction of sp³-hybridized carbons (Fsp3) is 0.421. The Labute approximate surface area is 158 Å². The van der Waals surface area contributed by atoms with Gasteiger partial charge in [-0.25, -0.2) is 14.6 Å². The molecule has 2 N–H and O–H groups in total. The van der Waals surface area contributed by atoms with E-state index < -0.39 is 23.7 Å². The number of carboxylic acid groups (broad SMARTS) is 1. The molecule has 1 aromatic carbocycles. The molecule has 1 aromatic heterocycles. The zero-order chi connectivity index (χ0) is 19.9. The van der Waals surface area contributed by atoms with Gasteiger partial charge in [0, 0.05) is 18.3 Å². The van der Waals surface area contributed by atoms with Gasteiger partial charge < -0.3 is 24.5 Å². The lowest BCUT2D eigenvalue weighted by Gasteiger charge is -2.22. The van der Waals surface area contributed by atoms with Crippen molar-refractivity contribution in [2.24, 2.45) is 0 Å². The minimum Gasteiger partial charge on any atom is -0.480 e. The van der Waals surface area contributed by atoms with Crippen LogP contribution in [0.5, 0.6) is 0 Å². The van der Waals surface area contributed by atoms with E-state index in [9.17, 15) is 14.7 Å². The zero-order valence-electron chi connectivity index (χ0n) is 15.7. The molecule has 2 aromatic rings. The van der Waals surface area contributed by atoms with Crippen molar-refractivity contribution in [3.8, 4) is 0 Å². The zero-order valence-corrected chi connectivity index (χ0v) is 15.7. The molecule has 8 heteroatoms. The summed E-state index contributed by atoms with van der Waals surface area (Å²) < 4.78 is 12.5. The minimum atomic E-state index is -1.15. The fourth-order valence-corrected chi connectivity index (χ4v) is 2.33. The van der Waals surface area contributed by atoms with Crippen molar-refractivity contribution in [1.29, 1.82) is 0 Å². The maximum Gasteiger partial charge on any atom is 0.408 e. The average molecular weight is 375 g/mol. The van der Waals surface area contributed by atoms with Gasteiger partial charge in [-0.15, -0.1) is 0 Å². The molecule has 0 saturated heterocycles. The molecule has 0 spiro atoms. The summed E-state index contributed by atoms with van der Waals surface area (Å²) >= 11 is 0. The first kappa shape index (κ1) is 20.4. The highest BCUT2D eigenvalue weighted by molar-refractivity contribution is 5.80. The van der Waals surface area contributed by atoms with E-state index in [1.54, 1.807) is 37.9 Å². The Kier molecular flexibility index (Phi) is 6.95. The molecular weight excluding hydrogens is 350 g/mol. The van der Waals surface area contributed by atoms with Crippen LogP contribution >= 0.6 is 0 Å². The highest BCUT2D eigenvalue weighted by Crippen LogP contribution is 2.09. The van der Waals surface area contributed by atoms with Gasteiger partial charge in [-0.3, -0.25) is 0 Å². The molecule has 0 saturated carbocycles. The number of aromatic nitrogens is 2. The van der Waals surface area contributed by atoms with E-state index in [-0.39, 0.29) is 13.2 Å². The molecule has 1 heterocycles. The molecular formula is C19H25N3O5. The molecule has 0 aliphatic rings. The molecule has 0 aliphatic heterocycles. The van der Waals surface area contributed by atoms with Gasteiger partial charge in [0.2, 0.25) is 0 Å². The van der Waals surface area contributed by atoms with E-state index in [0.717, 1.165) is 5.56 Å². The van der Waals surface area contributed by atoms with Gasteiger partial charge in [0.25, 0.3) is 0 Å². The topological polar surface area (TPSA) is 103 Å². The highest BCUT2D eigenvalue weighted by Gasteiger charge is 2.25. The monoisotopic (exact) mass is 375 g/mol. The quantitative estimate of drug-likeness (QED) is 0.735. The van der Waals surface area contributed by atoms with E-state index in [1.165, 1.54) is 0 Å². The summed E-state index contributed by atoms with van der Waals surface area (Å²) in [6.07, 6.45) is 2.40. The number of carbonyl (C=O) groups is 2. The van der Waals surface area contributed by atoms with E-state index in [1.807, 2.05) is 30.3 Å². The number of ether oxygens (including phenoxy) is 2. The van der Waals surface area contributed by atoms with Gasteiger partial charge in [0.15, 0.2) is 0 Å². The summed E-state index contributed by atoms with van der Waals surface area (Å²) in [5.74, 6) is -1.15. The maximum absolute atomic E-state index is 11.9. The minimum absolute atomic E-state index is 0.0588. The molecule has 8 nitrogen and oxygen atoms in total. The Hall–Kier alpha value is -2.87. The summed E-state index contributed by atoms with van der Waals surface area (Å²) in [6, 6.07) is 8.58. The second kappa shape index (κ2) is 9.18. The fourth-order valence-electron chi connectivity index (χ4n) is 2.33. The first-order chi connectivity index (χ1) is 12.7. The predicted octanol–water partition coefficient (Wildman–Crippen LogP) is 2.58. The van der Waals surface area contributed by atoms with E-state index in [4.69, 9.17) is 9.47 Å². The largest absolute Gasteiger partial charge is 0.480 e. The van der Waals surface area contributed by atoms with Crippen LogP contribution in [0, 0.1) is 0 Å². The number of carbonyl (C=O) groups excluding carboxylic acids is 1. The van der Waals surface area contributed by atoms with Crippen LogP contribution in [0.25, 0.3) is 0 Å². The van der Waals surface area contributed by atoms with Crippen LogP contribution in [-0.2, 0) is 34.0 Å². The lowest BCUT2D eigenvalue weighted by Crippen LogP contribution is -2.45. The molecule has 0 bridgehead atoms. The number of benzene rings is 1. The number of hydrogen-bond donors (Lipinski definition) is 2. The van der Waals surface area contributed by atoms with Crippen LogP contribution in [0.2, 0.25) is 0 Å². The Morgan fingerprint density at radius 1 is 1.26 bits per heavy atom. The van der Waals surface area contributed by atoms with Crippen molar-refractivity contribution in [2.75, 3.05) is 0 Å². The molecule has 0 unspecified atom stereocenters. The van der Waals surface area contributed by atoms with E-state index in [0.29, 0.717) is 12.3 Å². The number of rotatable bonds is 8. The first-order valence-electron chi connectivity index (χ1n) is 8.57. The van der Waals surface area contributed by atoms with Crippen LogP contribution in [0.4, 0.5) is 4.79 Å². The third-order valence-electron chi connectivity index (χ3n) is 3.54. The lowest BCUT2D eigenvalue weighted by atomic mass is 10.1. The third-order valence-corrected chi connectivity index (χ3v) is 3.54. The van der Waals surface area contributed by atoms with Crippen molar-refractivity contribution in [3.63, 3.8) is 0 Å². The van der Waals surface area contributed by atoms with Gasteiger partial charge in [0.05, 0.1) is 12.9 Å². The Balaban J connectivity index is 1.93.